The molecule has 0 aliphatic carbocycles. The molecule has 0 aliphatic rings. The first-order valence-corrected chi connectivity index (χ1v) is 7.63. The number of nitrogens with two attached hydrogens (primary N) is 1. The smallest absolute Gasteiger partial charge is 0.124 e. The Balaban J connectivity index is 2.11. The van der Waals surface area contributed by atoms with Gasteiger partial charge in [0.1, 0.15) is 5.82 Å². The fraction of sp³-hybridized carbons (Fsp3) is 0.143. The van der Waals surface area contributed by atoms with Crippen LogP contribution in [0, 0.1) is 5.82 Å². The number of hydrogen-bond acceptors (Lipinski definition) is 3. The molecule has 20 heavy (non-hydrogen) atoms. The van der Waals surface area contributed by atoms with E-state index >= 15 is 0 Å². The molecule has 2 aromatic carbocycles. The maximum Gasteiger partial charge on any atom is 0.124 e. The summed E-state index contributed by atoms with van der Waals surface area (Å²) in [4.78, 5) is 0.836. The average Bonchev–Trinajstić information content (AvgIpc) is 2.43. The molecule has 0 bridgehead atoms. The van der Waals surface area contributed by atoms with Crippen LogP contribution in [0.4, 0.5) is 4.39 Å². The minimum atomic E-state index is -0.256. The Morgan fingerprint density at radius 1 is 1.20 bits per heavy atom. The van der Waals surface area contributed by atoms with E-state index in [1.807, 2.05) is 6.07 Å². The largest absolute Gasteiger partial charge is 0.271 e. The summed E-state index contributed by atoms with van der Waals surface area (Å²) in [5, 5.41) is 1.19. The van der Waals surface area contributed by atoms with E-state index in [0.29, 0.717) is 15.8 Å². The van der Waals surface area contributed by atoms with Crippen LogP contribution >= 0.6 is 35.0 Å². The highest BCUT2D eigenvalue weighted by atomic mass is 35.5. The monoisotopic (exact) mass is 330 g/mol. The van der Waals surface area contributed by atoms with Gasteiger partial charge in [-0.3, -0.25) is 11.3 Å². The fourth-order valence-electron chi connectivity index (χ4n) is 1.75. The Morgan fingerprint density at radius 2 is 2.00 bits per heavy atom. The second-order valence-electron chi connectivity index (χ2n) is 4.15. The molecule has 1 unspecified atom stereocenters. The van der Waals surface area contributed by atoms with Crippen molar-refractivity contribution in [1.29, 1.82) is 0 Å². The molecule has 6 heteroatoms. The Bertz CT molecular complexity index is 595. The lowest BCUT2D eigenvalue weighted by Crippen LogP contribution is -2.29. The number of hydrogen-bond donors (Lipinski definition) is 2. The minimum Gasteiger partial charge on any atom is -0.271 e. The fourth-order valence-corrected chi connectivity index (χ4v) is 3.18. The van der Waals surface area contributed by atoms with Gasteiger partial charge in [-0.1, -0.05) is 29.3 Å². The lowest BCUT2D eigenvalue weighted by atomic mass is 10.1. The van der Waals surface area contributed by atoms with Crippen molar-refractivity contribution in [2.45, 2.75) is 10.9 Å². The summed E-state index contributed by atoms with van der Waals surface area (Å²) in [5.41, 5.74) is 3.54. The minimum absolute atomic E-state index is 0.172. The second-order valence-corrected chi connectivity index (χ2v) is 6.09. The molecule has 0 heterocycles. The first kappa shape index (κ1) is 15.6. The van der Waals surface area contributed by atoms with Crippen LogP contribution in [0.1, 0.15) is 11.6 Å². The van der Waals surface area contributed by atoms with Gasteiger partial charge in [-0.05, 0) is 42.0 Å². The van der Waals surface area contributed by atoms with Gasteiger partial charge in [0, 0.05) is 20.7 Å². The van der Waals surface area contributed by atoms with Crippen LogP contribution in [0.5, 0.6) is 0 Å². The lowest BCUT2D eigenvalue weighted by Gasteiger charge is -2.17. The number of hydrazine groups is 1. The number of nitrogens with one attached hydrogen (secondary N) is 1. The van der Waals surface area contributed by atoms with E-state index in [1.54, 1.807) is 24.3 Å². The third kappa shape index (κ3) is 4.11. The van der Waals surface area contributed by atoms with E-state index in [9.17, 15) is 4.39 Å². The third-order valence-electron chi connectivity index (χ3n) is 2.75. The lowest BCUT2D eigenvalue weighted by molar-refractivity contribution is 0.610. The SMILES string of the molecule is NNC(CSc1cccc(F)c1)c1cc(Cl)ccc1Cl. The quantitative estimate of drug-likeness (QED) is 0.484. The van der Waals surface area contributed by atoms with Crippen molar-refractivity contribution in [3.8, 4) is 0 Å². The molecule has 2 aromatic rings. The first-order chi connectivity index (χ1) is 9.60. The molecule has 0 saturated heterocycles. The zero-order valence-electron chi connectivity index (χ0n) is 10.4. The predicted molar refractivity (Wildman–Crippen MR) is 83.7 cm³/mol. The summed E-state index contributed by atoms with van der Waals surface area (Å²) < 4.78 is 13.1. The summed E-state index contributed by atoms with van der Waals surface area (Å²) >= 11 is 13.6. The topological polar surface area (TPSA) is 38.0 Å². The standard InChI is InChI=1S/C14H13Cl2FN2S/c15-9-4-5-13(16)12(6-9)14(19-18)8-20-11-3-1-2-10(17)7-11/h1-7,14,19H,8,18H2. The highest BCUT2D eigenvalue weighted by Gasteiger charge is 2.14. The molecule has 0 amide bonds. The Labute approximate surface area is 131 Å². The van der Waals surface area contributed by atoms with Crippen molar-refractivity contribution < 1.29 is 4.39 Å². The number of halogens is 3. The molecule has 0 aromatic heterocycles. The van der Waals surface area contributed by atoms with E-state index in [-0.39, 0.29) is 11.9 Å². The number of rotatable bonds is 5. The van der Waals surface area contributed by atoms with E-state index in [0.717, 1.165) is 10.5 Å². The van der Waals surface area contributed by atoms with E-state index in [2.05, 4.69) is 5.43 Å². The highest BCUT2D eigenvalue weighted by molar-refractivity contribution is 7.99. The van der Waals surface area contributed by atoms with Crippen LogP contribution in [-0.4, -0.2) is 5.75 Å². The van der Waals surface area contributed by atoms with Gasteiger partial charge >= 0.3 is 0 Å². The zero-order valence-corrected chi connectivity index (χ0v) is 12.8. The van der Waals surface area contributed by atoms with Crippen LogP contribution < -0.4 is 11.3 Å². The molecular weight excluding hydrogens is 318 g/mol. The zero-order chi connectivity index (χ0) is 14.5. The molecule has 2 rings (SSSR count). The van der Waals surface area contributed by atoms with Gasteiger partial charge in [0.15, 0.2) is 0 Å². The van der Waals surface area contributed by atoms with Crippen LogP contribution in [-0.2, 0) is 0 Å². The molecule has 3 N–H and O–H groups in total. The molecule has 106 valence electrons. The van der Waals surface area contributed by atoms with Gasteiger partial charge in [-0.2, -0.15) is 0 Å². The van der Waals surface area contributed by atoms with Gasteiger partial charge in [0.25, 0.3) is 0 Å². The summed E-state index contributed by atoms with van der Waals surface area (Å²) in [7, 11) is 0. The van der Waals surface area contributed by atoms with Crippen LogP contribution in [0.2, 0.25) is 10.0 Å². The Kier molecular flexibility index (Phi) is 5.69. The van der Waals surface area contributed by atoms with Gasteiger partial charge in [0.2, 0.25) is 0 Å². The maximum atomic E-state index is 13.1. The second kappa shape index (κ2) is 7.29. The van der Waals surface area contributed by atoms with Gasteiger partial charge in [-0.15, -0.1) is 11.8 Å². The van der Waals surface area contributed by atoms with E-state index < -0.39 is 0 Å². The average molecular weight is 331 g/mol. The van der Waals surface area contributed by atoms with Crippen molar-refractivity contribution in [3.05, 3.63) is 63.9 Å². The summed E-state index contributed by atoms with van der Waals surface area (Å²) in [5.74, 6) is 5.93. The Hall–Kier alpha value is -0.780. The molecule has 0 radical (unpaired) electrons. The first-order valence-electron chi connectivity index (χ1n) is 5.89. The van der Waals surface area contributed by atoms with Crippen molar-refractivity contribution in [2.24, 2.45) is 5.84 Å². The summed E-state index contributed by atoms with van der Waals surface area (Å²) in [6.07, 6.45) is 0. The van der Waals surface area contributed by atoms with E-state index in [4.69, 9.17) is 29.0 Å². The van der Waals surface area contributed by atoms with Gasteiger partial charge in [-0.25, -0.2) is 4.39 Å². The van der Waals surface area contributed by atoms with Crippen molar-refractivity contribution in [2.75, 3.05) is 5.75 Å². The van der Waals surface area contributed by atoms with Gasteiger partial charge < -0.3 is 0 Å². The highest BCUT2D eigenvalue weighted by Crippen LogP contribution is 2.30. The number of thioether (sulfide) groups is 1. The number of benzene rings is 2. The van der Waals surface area contributed by atoms with Gasteiger partial charge in [0.05, 0.1) is 6.04 Å². The molecule has 2 nitrogen and oxygen atoms in total. The summed E-state index contributed by atoms with van der Waals surface area (Å²) in [6.45, 7) is 0. The van der Waals surface area contributed by atoms with E-state index in [1.165, 1.54) is 23.9 Å². The Morgan fingerprint density at radius 3 is 2.70 bits per heavy atom. The van der Waals surface area contributed by atoms with Crippen molar-refractivity contribution >= 4 is 35.0 Å². The predicted octanol–water partition coefficient (Wildman–Crippen LogP) is 4.43. The molecule has 1 atom stereocenters. The van der Waals surface area contributed by atoms with Crippen LogP contribution in [0.25, 0.3) is 0 Å². The molecule has 0 spiro atoms. The molecular formula is C14H13Cl2FN2S. The molecule has 0 aliphatic heterocycles. The van der Waals surface area contributed by atoms with Crippen LogP contribution in [0.3, 0.4) is 0 Å². The molecule has 0 saturated carbocycles. The van der Waals surface area contributed by atoms with Crippen molar-refractivity contribution in [3.63, 3.8) is 0 Å². The van der Waals surface area contributed by atoms with Crippen LogP contribution in [0.15, 0.2) is 47.4 Å². The normalized spacial score (nSPS) is 12.4. The van der Waals surface area contributed by atoms with Crippen molar-refractivity contribution in [1.82, 2.24) is 5.43 Å². The molecule has 0 fully saturated rings. The maximum absolute atomic E-state index is 13.1. The third-order valence-corrected chi connectivity index (χ3v) is 4.41. The summed E-state index contributed by atoms with van der Waals surface area (Å²) in [6, 6.07) is 11.5.